The fourth-order valence-electron chi connectivity index (χ4n) is 0.992. The lowest BCUT2D eigenvalue weighted by atomic mass is 10.1. The molecule has 13 heavy (non-hydrogen) atoms. The Kier molecular flexibility index (Phi) is 2.56. The molecule has 1 N–H and O–H groups in total. The second kappa shape index (κ2) is 3.33. The number of alkyl halides is 3. The molecule has 0 aliphatic rings. The number of hydrogen-bond donors (Lipinski definition) is 1. The van der Waals surface area contributed by atoms with Crippen molar-refractivity contribution in [1.29, 1.82) is 0 Å². The second-order valence-electron chi connectivity index (χ2n) is 2.61. The predicted molar refractivity (Wildman–Crippen MR) is 39.9 cm³/mol. The van der Waals surface area contributed by atoms with Crippen molar-refractivity contribution in [1.82, 2.24) is 4.98 Å². The molecule has 2 nitrogen and oxygen atoms in total. The molecule has 5 heteroatoms. The van der Waals surface area contributed by atoms with Gasteiger partial charge in [0.15, 0.2) is 0 Å². The number of halogens is 3. The summed E-state index contributed by atoms with van der Waals surface area (Å²) in [5.74, 6) is 0. The minimum absolute atomic E-state index is 0.199. The van der Waals surface area contributed by atoms with Crippen LogP contribution in [0.25, 0.3) is 0 Å². The third-order valence-corrected chi connectivity index (χ3v) is 1.56. The van der Waals surface area contributed by atoms with Gasteiger partial charge in [-0.15, -0.1) is 0 Å². The van der Waals surface area contributed by atoms with Crippen LogP contribution in [0.2, 0.25) is 0 Å². The summed E-state index contributed by atoms with van der Waals surface area (Å²) < 4.78 is 36.7. The molecule has 0 bridgehead atoms. The molecular formula is C8H8F3NO. The van der Waals surface area contributed by atoms with Crippen LogP contribution in [0.15, 0.2) is 18.3 Å². The molecular weight excluding hydrogens is 183 g/mol. The smallest absolute Gasteiger partial charge is 0.389 e. The van der Waals surface area contributed by atoms with Gasteiger partial charge in [-0.25, -0.2) is 0 Å². The van der Waals surface area contributed by atoms with Crippen LogP contribution < -0.4 is 0 Å². The van der Waals surface area contributed by atoms with Gasteiger partial charge in [-0.1, -0.05) is 6.07 Å². The lowest BCUT2D eigenvalue weighted by Gasteiger charge is -2.12. The summed E-state index contributed by atoms with van der Waals surface area (Å²) in [7, 11) is 0. The standard InChI is InChI=1S/C8H8F3NO/c1-5(13)6-3-2-4-12-7(6)8(9,10)11/h2-5,13H,1H3/t5-/m1/s1. The van der Waals surface area contributed by atoms with Gasteiger partial charge in [0.2, 0.25) is 0 Å². The Balaban J connectivity index is 3.20. The molecule has 72 valence electrons. The van der Waals surface area contributed by atoms with Crippen LogP contribution in [0.1, 0.15) is 24.3 Å². The number of rotatable bonds is 1. The zero-order valence-corrected chi connectivity index (χ0v) is 6.84. The maximum absolute atomic E-state index is 12.2. The second-order valence-corrected chi connectivity index (χ2v) is 2.61. The normalized spacial score (nSPS) is 14.2. The van der Waals surface area contributed by atoms with E-state index >= 15 is 0 Å². The molecule has 1 atom stereocenters. The first-order valence-electron chi connectivity index (χ1n) is 3.63. The summed E-state index contributed by atoms with van der Waals surface area (Å²) in [5.41, 5.74) is -1.22. The van der Waals surface area contributed by atoms with Crippen LogP contribution >= 0.6 is 0 Å². The van der Waals surface area contributed by atoms with Gasteiger partial charge < -0.3 is 5.11 Å². The number of aromatic nitrogens is 1. The molecule has 0 amide bonds. The molecule has 1 heterocycles. The zero-order chi connectivity index (χ0) is 10.1. The maximum atomic E-state index is 12.2. The SMILES string of the molecule is C[C@@H](O)c1cccnc1C(F)(F)F. The molecule has 1 aromatic rings. The molecule has 0 radical (unpaired) electrons. The lowest BCUT2D eigenvalue weighted by Crippen LogP contribution is -2.13. The molecule has 0 aliphatic heterocycles. The minimum atomic E-state index is -4.51. The largest absolute Gasteiger partial charge is 0.433 e. The van der Waals surface area contributed by atoms with Gasteiger partial charge in [-0.2, -0.15) is 13.2 Å². The van der Waals surface area contributed by atoms with Crippen LogP contribution in [0.5, 0.6) is 0 Å². The Hall–Kier alpha value is -1.10. The summed E-state index contributed by atoms with van der Waals surface area (Å²) in [4.78, 5) is 3.19. The number of hydrogen-bond acceptors (Lipinski definition) is 2. The van der Waals surface area contributed by atoms with Crippen molar-refractivity contribution in [2.24, 2.45) is 0 Å². The third kappa shape index (κ3) is 2.18. The van der Waals surface area contributed by atoms with Gasteiger partial charge in [0, 0.05) is 11.8 Å². The van der Waals surface area contributed by atoms with E-state index in [1.807, 2.05) is 0 Å². The van der Waals surface area contributed by atoms with Crippen molar-refractivity contribution < 1.29 is 18.3 Å². The average molecular weight is 191 g/mol. The molecule has 0 spiro atoms. The summed E-state index contributed by atoms with van der Waals surface area (Å²) in [5, 5.41) is 9.03. The van der Waals surface area contributed by atoms with Gasteiger partial charge in [0.25, 0.3) is 0 Å². The topological polar surface area (TPSA) is 33.1 Å². The van der Waals surface area contributed by atoms with Crippen molar-refractivity contribution in [3.8, 4) is 0 Å². The van der Waals surface area contributed by atoms with E-state index in [-0.39, 0.29) is 5.56 Å². The van der Waals surface area contributed by atoms with E-state index in [1.165, 1.54) is 19.1 Å². The summed E-state index contributed by atoms with van der Waals surface area (Å²) >= 11 is 0. The van der Waals surface area contributed by atoms with Gasteiger partial charge in [-0.05, 0) is 13.0 Å². The monoisotopic (exact) mass is 191 g/mol. The molecule has 0 unspecified atom stereocenters. The van der Waals surface area contributed by atoms with Crippen LogP contribution in [-0.4, -0.2) is 10.1 Å². The molecule has 1 rings (SSSR count). The molecule has 0 fully saturated rings. The number of aliphatic hydroxyl groups is 1. The highest BCUT2D eigenvalue weighted by Gasteiger charge is 2.35. The zero-order valence-electron chi connectivity index (χ0n) is 6.84. The Bertz CT molecular complexity index is 296. The fourth-order valence-corrected chi connectivity index (χ4v) is 0.992. The summed E-state index contributed by atoms with van der Waals surface area (Å²) in [6, 6.07) is 2.57. The lowest BCUT2D eigenvalue weighted by molar-refractivity contribution is -0.142. The predicted octanol–water partition coefficient (Wildman–Crippen LogP) is 2.15. The average Bonchev–Trinajstić information content (AvgIpc) is 2.03. The van der Waals surface area contributed by atoms with Crippen LogP contribution in [0, 0.1) is 0 Å². The highest BCUT2D eigenvalue weighted by atomic mass is 19.4. The molecule has 0 saturated heterocycles. The molecule has 0 aromatic carbocycles. The van der Waals surface area contributed by atoms with E-state index in [2.05, 4.69) is 4.98 Å². The first-order chi connectivity index (χ1) is 5.93. The van der Waals surface area contributed by atoms with Crippen LogP contribution in [0.4, 0.5) is 13.2 Å². The molecule has 0 aliphatic carbocycles. The first-order valence-corrected chi connectivity index (χ1v) is 3.63. The van der Waals surface area contributed by atoms with Crippen molar-refractivity contribution in [2.75, 3.05) is 0 Å². The van der Waals surface area contributed by atoms with Crippen molar-refractivity contribution in [3.63, 3.8) is 0 Å². The molecule has 1 aromatic heterocycles. The van der Waals surface area contributed by atoms with E-state index in [4.69, 9.17) is 5.11 Å². The number of aliphatic hydroxyl groups excluding tert-OH is 1. The van der Waals surface area contributed by atoms with Crippen molar-refractivity contribution in [3.05, 3.63) is 29.6 Å². The van der Waals surface area contributed by atoms with E-state index in [0.717, 1.165) is 6.20 Å². The van der Waals surface area contributed by atoms with E-state index < -0.39 is 18.0 Å². The highest BCUT2D eigenvalue weighted by molar-refractivity contribution is 5.24. The van der Waals surface area contributed by atoms with E-state index in [0.29, 0.717) is 0 Å². The quantitative estimate of drug-likeness (QED) is 0.737. The summed E-state index contributed by atoms with van der Waals surface area (Å²) in [6.45, 7) is 1.27. The van der Waals surface area contributed by atoms with Gasteiger partial charge in [0.05, 0.1) is 6.10 Å². The van der Waals surface area contributed by atoms with E-state index in [1.54, 1.807) is 0 Å². The Morgan fingerprint density at radius 2 is 2.08 bits per heavy atom. The van der Waals surface area contributed by atoms with Crippen LogP contribution in [0.3, 0.4) is 0 Å². The highest BCUT2D eigenvalue weighted by Crippen LogP contribution is 2.32. The summed E-state index contributed by atoms with van der Waals surface area (Å²) in [6.07, 6.45) is -4.62. The first kappa shape index (κ1) is 9.98. The number of pyridine rings is 1. The van der Waals surface area contributed by atoms with Gasteiger partial charge in [0.1, 0.15) is 5.69 Å². The molecule has 0 saturated carbocycles. The Morgan fingerprint density at radius 3 is 2.46 bits per heavy atom. The minimum Gasteiger partial charge on any atom is -0.389 e. The fraction of sp³-hybridized carbons (Fsp3) is 0.375. The Morgan fingerprint density at radius 1 is 1.46 bits per heavy atom. The van der Waals surface area contributed by atoms with Gasteiger partial charge >= 0.3 is 6.18 Å². The van der Waals surface area contributed by atoms with Crippen LogP contribution in [-0.2, 0) is 6.18 Å². The van der Waals surface area contributed by atoms with Crippen molar-refractivity contribution >= 4 is 0 Å². The maximum Gasteiger partial charge on any atom is 0.433 e. The van der Waals surface area contributed by atoms with Gasteiger partial charge in [-0.3, -0.25) is 4.98 Å². The number of nitrogens with zero attached hydrogens (tertiary/aromatic N) is 1. The van der Waals surface area contributed by atoms with E-state index in [9.17, 15) is 13.2 Å². The van der Waals surface area contributed by atoms with Crippen molar-refractivity contribution in [2.45, 2.75) is 19.2 Å². The third-order valence-electron chi connectivity index (χ3n) is 1.56. The Labute approximate surface area is 73.0 Å².